The Labute approximate surface area is 97.9 Å². The van der Waals surface area contributed by atoms with E-state index in [0.717, 1.165) is 18.3 Å². The number of aromatic nitrogens is 1. The smallest absolute Gasteiger partial charge is 0.128 e. The van der Waals surface area contributed by atoms with Gasteiger partial charge in [-0.1, -0.05) is 6.07 Å². The molecule has 0 bridgehead atoms. The third kappa shape index (κ3) is 2.95. The average Bonchev–Trinajstić information content (AvgIpc) is 2.28. The van der Waals surface area contributed by atoms with Crippen LogP contribution in [0.15, 0.2) is 18.3 Å². The number of nitrogens with one attached hydrogen (secondary N) is 1. The van der Waals surface area contributed by atoms with Crippen LogP contribution in [0.3, 0.4) is 0 Å². The van der Waals surface area contributed by atoms with Gasteiger partial charge < -0.3 is 10.2 Å². The van der Waals surface area contributed by atoms with Crippen molar-refractivity contribution in [2.45, 2.75) is 19.8 Å². The molecular weight excluding hydrogens is 198 g/mol. The molecule has 0 aromatic carbocycles. The van der Waals surface area contributed by atoms with Crippen LogP contribution in [0.4, 0.5) is 5.82 Å². The van der Waals surface area contributed by atoms with Gasteiger partial charge in [0.05, 0.1) is 0 Å². The van der Waals surface area contributed by atoms with E-state index in [2.05, 4.69) is 35.2 Å². The second-order valence-corrected chi connectivity index (χ2v) is 4.82. The largest absolute Gasteiger partial charge is 0.370 e. The molecule has 1 N–H and O–H groups in total. The van der Waals surface area contributed by atoms with Gasteiger partial charge in [0.1, 0.15) is 5.82 Å². The first kappa shape index (κ1) is 11.4. The molecule has 3 heteroatoms. The van der Waals surface area contributed by atoms with E-state index >= 15 is 0 Å². The van der Waals surface area contributed by atoms with Crippen molar-refractivity contribution in [3.63, 3.8) is 0 Å². The van der Waals surface area contributed by atoms with Crippen LogP contribution >= 0.6 is 0 Å². The molecular formula is C13H21N3. The first-order valence-corrected chi connectivity index (χ1v) is 6.10. The summed E-state index contributed by atoms with van der Waals surface area (Å²) in [5.74, 6) is 1.80. The van der Waals surface area contributed by atoms with Crippen LogP contribution in [0.25, 0.3) is 0 Å². The fourth-order valence-electron chi connectivity index (χ4n) is 2.35. The molecule has 1 atom stereocenters. The van der Waals surface area contributed by atoms with E-state index in [0.29, 0.717) is 0 Å². The van der Waals surface area contributed by atoms with Crippen LogP contribution in [0, 0.1) is 12.8 Å². The van der Waals surface area contributed by atoms with E-state index < -0.39 is 0 Å². The summed E-state index contributed by atoms with van der Waals surface area (Å²) in [6.07, 6.45) is 4.51. The highest BCUT2D eigenvalue weighted by Gasteiger charge is 2.16. The molecule has 0 amide bonds. The van der Waals surface area contributed by atoms with Crippen molar-refractivity contribution in [2.75, 3.05) is 32.0 Å². The predicted octanol–water partition coefficient (Wildman–Crippen LogP) is 2.14. The molecule has 1 unspecified atom stereocenters. The SMILES string of the molecule is Cc1cccnc1NCC1CCCN(C)C1. The van der Waals surface area contributed by atoms with E-state index in [9.17, 15) is 0 Å². The summed E-state index contributed by atoms with van der Waals surface area (Å²) in [4.78, 5) is 6.77. The van der Waals surface area contributed by atoms with E-state index in [1.54, 1.807) is 0 Å². The van der Waals surface area contributed by atoms with Crippen LogP contribution in [0.1, 0.15) is 18.4 Å². The average molecular weight is 219 g/mol. The lowest BCUT2D eigenvalue weighted by Crippen LogP contribution is -2.35. The van der Waals surface area contributed by atoms with Gasteiger partial charge in [-0.25, -0.2) is 4.98 Å². The number of nitrogens with zero attached hydrogens (tertiary/aromatic N) is 2. The number of aryl methyl sites for hydroxylation is 1. The molecule has 1 aromatic rings. The minimum atomic E-state index is 0.764. The highest BCUT2D eigenvalue weighted by Crippen LogP contribution is 2.16. The maximum absolute atomic E-state index is 4.36. The molecule has 1 saturated heterocycles. The zero-order chi connectivity index (χ0) is 11.4. The van der Waals surface area contributed by atoms with Crippen molar-refractivity contribution >= 4 is 5.82 Å². The number of piperidine rings is 1. The summed E-state index contributed by atoms with van der Waals surface area (Å²) in [6, 6.07) is 4.08. The van der Waals surface area contributed by atoms with Crippen molar-refractivity contribution < 1.29 is 0 Å². The standard InChI is InChI=1S/C13H21N3/c1-11-5-3-7-14-13(11)15-9-12-6-4-8-16(2)10-12/h3,5,7,12H,4,6,8-10H2,1-2H3,(H,14,15). The van der Waals surface area contributed by atoms with Gasteiger partial charge in [-0.15, -0.1) is 0 Å². The van der Waals surface area contributed by atoms with Crippen molar-refractivity contribution in [3.05, 3.63) is 23.9 Å². The lowest BCUT2D eigenvalue weighted by molar-refractivity contribution is 0.217. The molecule has 88 valence electrons. The molecule has 0 radical (unpaired) electrons. The Kier molecular flexibility index (Phi) is 3.78. The highest BCUT2D eigenvalue weighted by atomic mass is 15.1. The first-order chi connectivity index (χ1) is 7.75. The van der Waals surface area contributed by atoms with Crippen LogP contribution in [0.5, 0.6) is 0 Å². The van der Waals surface area contributed by atoms with E-state index in [-0.39, 0.29) is 0 Å². The molecule has 1 aliphatic heterocycles. The van der Waals surface area contributed by atoms with Crippen LogP contribution in [-0.4, -0.2) is 36.6 Å². The lowest BCUT2D eigenvalue weighted by atomic mass is 9.98. The minimum absolute atomic E-state index is 0.764. The van der Waals surface area contributed by atoms with Crippen molar-refractivity contribution in [2.24, 2.45) is 5.92 Å². The van der Waals surface area contributed by atoms with E-state index in [4.69, 9.17) is 0 Å². The molecule has 0 spiro atoms. The molecule has 16 heavy (non-hydrogen) atoms. The van der Waals surface area contributed by atoms with Crippen molar-refractivity contribution in [1.82, 2.24) is 9.88 Å². The Hall–Kier alpha value is -1.09. The van der Waals surface area contributed by atoms with Gasteiger partial charge in [0.25, 0.3) is 0 Å². The zero-order valence-electron chi connectivity index (χ0n) is 10.2. The van der Waals surface area contributed by atoms with Gasteiger partial charge in [-0.05, 0) is 50.9 Å². The Morgan fingerprint density at radius 2 is 2.44 bits per heavy atom. The van der Waals surface area contributed by atoms with Gasteiger partial charge >= 0.3 is 0 Å². The van der Waals surface area contributed by atoms with Gasteiger partial charge in [0.2, 0.25) is 0 Å². The summed E-state index contributed by atoms with van der Waals surface area (Å²) in [7, 11) is 2.21. The summed E-state index contributed by atoms with van der Waals surface area (Å²) in [6.45, 7) is 5.60. The second kappa shape index (κ2) is 5.30. The number of anilines is 1. The molecule has 3 nitrogen and oxygen atoms in total. The lowest BCUT2D eigenvalue weighted by Gasteiger charge is -2.29. The monoisotopic (exact) mass is 219 g/mol. The molecule has 2 rings (SSSR count). The summed E-state index contributed by atoms with van der Waals surface area (Å²) in [5.41, 5.74) is 1.23. The first-order valence-electron chi connectivity index (χ1n) is 6.10. The normalized spacial score (nSPS) is 22.0. The van der Waals surface area contributed by atoms with Gasteiger partial charge in [0, 0.05) is 19.3 Å². The van der Waals surface area contributed by atoms with Crippen LogP contribution < -0.4 is 5.32 Å². The summed E-state index contributed by atoms with van der Waals surface area (Å²) < 4.78 is 0. The molecule has 1 aromatic heterocycles. The minimum Gasteiger partial charge on any atom is -0.370 e. The molecule has 1 aliphatic rings. The predicted molar refractivity (Wildman–Crippen MR) is 67.7 cm³/mol. The third-order valence-electron chi connectivity index (χ3n) is 3.29. The molecule has 0 saturated carbocycles. The zero-order valence-corrected chi connectivity index (χ0v) is 10.2. The topological polar surface area (TPSA) is 28.2 Å². The van der Waals surface area contributed by atoms with Crippen molar-refractivity contribution in [3.8, 4) is 0 Å². The number of likely N-dealkylation sites (tertiary alicyclic amines) is 1. The molecule has 2 heterocycles. The number of rotatable bonds is 3. The Morgan fingerprint density at radius 3 is 3.19 bits per heavy atom. The number of hydrogen-bond donors (Lipinski definition) is 1. The van der Waals surface area contributed by atoms with Gasteiger partial charge in [0.15, 0.2) is 0 Å². The fraction of sp³-hybridized carbons (Fsp3) is 0.615. The van der Waals surface area contributed by atoms with Crippen molar-refractivity contribution in [1.29, 1.82) is 0 Å². The maximum Gasteiger partial charge on any atom is 0.128 e. The van der Waals surface area contributed by atoms with E-state index in [1.165, 1.54) is 31.5 Å². The van der Waals surface area contributed by atoms with Crippen LogP contribution in [0.2, 0.25) is 0 Å². The Bertz CT molecular complexity index is 338. The number of pyridine rings is 1. The molecule has 0 aliphatic carbocycles. The van der Waals surface area contributed by atoms with Gasteiger partial charge in [-0.3, -0.25) is 0 Å². The molecule has 1 fully saturated rings. The Morgan fingerprint density at radius 1 is 1.56 bits per heavy atom. The maximum atomic E-state index is 4.36. The summed E-state index contributed by atoms with van der Waals surface area (Å²) in [5, 5.41) is 3.47. The summed E-state index contributed by atoms with van der Waals surface area (Å²) >= 11 is 0. The van der Waals surface area contributed by atoms with Gasteiger partial charge in [-0.2, -0.15) is 0 Å². The number of hydrogen-bond acceptors (Lipinski definition) is 3. The Balaban J connectivity index is 1.85. The highest BCUT2D eigenvalue weighted by molar-refractivity contribution is 5.42. The van der Waals surface area contributed by atoms with E-state index in [1.807, 2.05) is 12.3 Å². The second-order valence-electron chi connectivity index (χ2n) is 4.82. The quantitative estimate of drug-likeness (QED) is 0.844. The third-order valence-corrected chi connectivity index (χ3v) is 3.29. The fourth-order valence-corrected chi connectivity index (χ4v) is 2.35. The van der Waals surface area contributed by atoms with Crippen LogP contribution in [-0.2, 0) is 0 Å².